The molecule has 1 amide bonds. The van der Waals surface area contributed by atoms with Crippen LogP contribution in [0.3, 0.4) is 0 Å². The van der Waals surface area contributed by atoms with E-state index in [1.807, 2.05) is 25.1 Å². The van der Waals surface area contributed by atoms with Crippen LogP contribution in [0.5, 0.6) is 0 Å². The largest absolute Gasteiger partial charge is 0.389 e. The van der Waals surface area contributed by atoms with Crippen molar-refractivity contribution in [2.45, 2.75) is 44.6 Å². The summed E-state index contributed by atoms with van der Waals surface area (Å²) in [6.07, 6.45) is 8.10. The molecular formula is C25H22F2N4O2. The van der Waals surface area contributed by atoms with Crippen LogP contribution in [0, 0.1) is 18.6 Å². The van der Waals surface area contributed by atoms with Crippen LogP contribution in [0.15, 0.2) is 53.9 Å². The molecule has 0 atom stereocenters. The third-order valence-electron chi connectivity index (χ3n) is 6.28. The summed E-state index contributed by atoms with van der Waals surface area (Å²) in [5, 5.41) is 6.76. The molecule has 6 nitrogen and oxygen atoms in total. The Labute approximate surface area is 189 Å². The normalized spacial score (nSPS) is 16.5. The van der Waals surface area contributed by atoms with Crippen molar-refractivity contribution >= 4 is 17.4 Å². The van der Waals surface area contributed by atoms with E-state index in [1.54, 1.807) is 0 Å². The Balaban J connectivity index is 1.35. The van der Waals surface area contributed by atoms with Gasteiger partial charge in [-0.15, -0.1) is 0 Å². The minimum absolute atomic E-state index is 0.0944. The highest BCUT2D eigenvalue weighted by atomic mass is 19.1. The van der Waals surface area contributed by atoms with Crippen LogP contribution < -0.4 is 5.32 Å². The topological polar surface area (TPSA) is 76.5 Å². The minimum Gasteiger partial charge on any atom is -0.389 e. The average molecular weight is 448 g/mol. The molecule has 8 heteroatoms. The Kier molecular flexibility index (Phi) is 5.36. The Hall–Kier alpha value is -3.68. The number of nitrogens with zero attached hydrogens (tertiary/aromatic N) is 3. The summed E-state index contributed by atoms with van der Waals surface area (Å²) in [4.78, 5) is 26.7. The lowest BCUT2D eigenvalue weighted by Gasteiger charge is -2.19. The Morgan fingerprint density at radius 2 is 1.82 bits per heavy atom. The maximum absolute atomic E-state index is 13.8. The van der Waals surface area contributed by atoms with E-state index in [9.17, 15) is 13.6 Å². The van der Waals surface area contributed by atoms with Gasteiger partial charge in [-0.1, -0.05) is 23.4 Å². The lowest BCUT2D eigenvalue weighted by atomic mass is 9.91. The number of oxime groups is 1. The summed E-state index contributed by atoms with van der Waals surface area (Å²) in [6, 6.07) is 9.30. The zero-order valence-electron chi connectivity index (χ0n) is 18.1. The standard InChI is InChI=1S/C25H22F2N4O2/c1-15-7-8-16(20-12-25(33-31-20)9-2-3-10-25)11-17(15)21-13-29-22(14-28-21)30-24(32)23-18(26)5-4-6-19(23)27/h4-8,11,13-14H,2-3,9-10,12H2,1H3,(H,29,30,32). The van der Waals surface area contributed by atoms with Gasteiger partial charge in [0.25, 0.3) is 5.91 Å². The molecule has 2 aliphatic rings. The van der Waals surface area contributed by atoms with Crippen molar-refractivity contribution in [3.63, 3.8) is 0 Å². The summed E-state index contributed by atoms with van der Waals surface area (Å²) in [7, 11) is 0. The molecule has 1 fully saturated rings. The van der Waals surface area contributed by atoms with Crippen molar-refractivity contribution in [1.29, 1.82) is 0 Å². The summed E-state index contributed by atoms with van der Waals surface area (Å²) >= 11 is 0. The number of halogens is 2. The number of aromatic nitrogens is 2. The van der Waals surface area contributed by atoms with Gasteiger partial charge in [0.05, 0.1) is 23.8 Å². The van der Waals surface area contributed by atoms with Gasteiger partial charge < -0.3 is 10.2 Å². The van der Waals surface area contributed by atoms with Gasteiger partial charge >= 0.3 is 0 Å². The van der Waals surface area contributed by atoms with Crippen LogP contribution in [-0.4, -0.2) is 27.2 Å². The number of amides is 1. The molecule has 2 heterocycles. The zero-order valence-corrected chi connectivity index (χ0v) is 18.1. The van der Waals surface area contributed by atoms with Crippen molar-refractivity contribution in [3.8, 4) is 11.3 Å². The lowest BCUT2D eigenvalue weighted by Crippen LogP contribution is -2.24. The maximum Gasteiger partial charge on any atom is 0.262 e. The van der Waals surface area contributed by atoms with E-state index in [-0.39, 0.29) is 11.4 Å². The molecule has 0 bridgehead atoms. The molecule has 1 aliphatic heterocycles. The Morgan fingerprint density at radius 1 is 1.06 bits per heavy atom. The first-order chi connectivity index (χ1) is 15.9. The molecule has 33 heavy (non-hydrogen) atoms. The first-order valence-electron chi connectivity index (χ1n) is 10.9. The van der Waals surface area contributed by atoms with Gasteiger partial charge in [-0.3, -0.25) is 9.78 Å². The van der Waals surface area contributed by atoms with E-state index in [0.717, 1.165) is 53.8 Å². The summed E-state index contributed by atoms with van der Waals surface area (Å²) in [5.74, 6) is -2.71. The van der Waals surface area contributed by atoms with E-state index in [4.69, 9.17) is 4.84 Å². The third-order valence-corrected chi connectivity index (χ3v) is 6.28. The van der Waals surface area contributed by atoms with Crippen LogP contribution in [0.1, 0.15) is 53.6 Å². The number of aryl methyl sites for hydroxylation is 1. The summed E-state index contributed by atoms with van der Waals surface area (Å²) in [6.45, 7) is 1.98. The van der Waals surface area contributed by atoms with Crippen molar-refractivity contribution in [2.75, 3.05) is 5.32 Å². The number of rotatable bonds is 4. The van der Waals surface area contributed by atoms with E-state index in [1.165, 1.54) is 31.3 Å². The van der Waals surface area contributed by atoms with E-state index < -0.39 is 23.1 Å². The quantitative estimate of drug-likeness (QED) is 0.578. The van der Waals surface area contributed by atoms with Gasteiger partial charge in [-0.05, 0) is 56.4 Å². The molecule has 1 spiro atoms. The number of hydrogen-bond acceptors (Lipinski definition) is 5. The van der Waals surface area contributed by atoms with Crippen molar-refractivity contribution in [1.82, 2.24) is 9.97 Å². The van der Waals surface area contributed by atoms with E-state index >= 15 is 0 Å². The second-order valence-corrected chi connectivity index (χ2v) is 8.56. The molecule has 3 aromatic rings. The number of anilines is 1. The van der Waals surface area contributed by atoms with E-state index in [2.05, 4.69) is 20.4 Å². The fourth-order valence-electron chi connectivity index (χ4n) is 4.47. The van der Waals surface area contributed by atoms with Crippen LogP contribution in [0.4, 0.5) is 14.6 Å². The van der Waals surface area contributed by atoms with Gasteiger partial charge in [0.15, 0.2) is 5.82 Å². The molecule has 5 rings (SSSR count). The lowest BCUT2D eigenvalue weighted by molar-refractivity contribution is -0.0126. The molecule has 1 aromatic heterocycles. The van der Waals surface area contributed by atoms with Crippen LogP contribution in [-0.2, 0) is 4.84 Å². The van der Waals surface area contributed by atoms with Crippen LogP contribution >= 0.6 is 0 Å². The van der Waals surface area contributed by atoms with Crippen LogP contribution in [0.25, 0.3) is 11.3 Å². The highest BCUT2D eigenvalue weighted by Gasteiger charge is 2.42. The number of carbonyl (C=O) groups is 1. The van der Waals surface area contributed by atoms with Gasteiger partial charge in [-0.25, -0.2) is 13.8 Å². The molecule has 1 aliphatic carbocycles. The first-order valence-corrected chi connectivity index (χ1v) is 10.9. The molecule has 0 unspecified atom stereocenters. The Bertz CT molecular complexity index is 1230. The molecule has 0 radical (unpaired) electrons. The molecule has 2 aromatic carbocycles. The highest BCUT2D eigenvalue weighted by molar-refractivity contribution is 6.04. The monoisotopic (exact) mass is 448 g/mol. The van der Waals surface area contributed by atoms with Crippen molar-refractivity contribution < 1.29 is 18.4 Å². The molecule has 1 saturated carbocycles. The SMILES string of the molecule is Cc1ccc(C2=NOC3(CCCC3)C2)cc1-c1cnc(NC(=O)c2c(F)cccc2F)cn1. The highest BCUT2D eigenvalue weighted by Crippen LogP contribution is 2.41. The molecule has 0 saturated heterocycles. The zero-order chi connectivity index (χ0) is 23.0. The first kappa shape index (κ1) is 21.2. The smallest absolute Gasteiger partial charge is 0.262 e. The minimum atomic E-state index is -0.942. The van der Waals surface area contributed by atoms with Gasteiger partial charge in [0.1, 0.15) is 22.8 Å². The number of carbonyl (C=O) groups excluding carboxylic acids is 1. The summed E-state index contributed by atoms with van der Waals surface area (Å²) < 4.78 is 27.7. The molecule has 168 valence electrons. The maximum atomic E-state index is 13.8. The summed E-state index contributed by atoms with van der Waals surface area (Å²) in [5.41, 5.74) is 3.61. The fraction of sp³-hybridized carbons (Fsp3) is 0.280. The molecule has 1 N–H and O–H groups in total. The van der Waals surface area contributed by atoms with Gasteiger partial charge in [-0.2, -0.15) is 0 Å². The van der Waals surface area contributed by atoms with Gasteiger partial charge in [0, 0.05) is 17.5 Å². The van der Waals surface area contributed by atoms with Gasteiger partial charge in [0.2, 0.25) is 0 Å². The second kappa shape index (κ2) is 8.35. The Morgan fingerprint density at radius 3 is 2.52 bits per heavy atom. The number of nitrogens with one attached hydrogen (secondary N) is 1. The fourth-order valence-corrected chi connectivity index (χ4v) is 4.47. The van der Waals surface area contributed by atoms with Crippen molar-refractivity contribution in [3.05, 3.63) is 77.1 Å². The number of hydrogen-bond donors (Lipinski definition) is 1. The third kappa shape index (κ3) is 4.08. The predicted molar refractivity (Wildman–Crippen MR) is 120 cm³/mol. The molecular weight excluding hydrogens is 426 g/mol. The van der Waals surface area contributed by atoms with Crippen molar-refractivity contribution in [2.24, 2.45) is 5.16 Å². The van der Waals surface area contributed by atoms with Crippen LogP contribution in [0.2, 0.25) is 0 Å². The average Bonchev–Trinajstić information content (AvgIpc) is 3.44. The number of benzene rings is 2. The predicted octanol–water partition coefficient (Wildman–Crippen LogP) is 5.42. The van der Waals surface area contributed by atoms with E-state index in [0.29, 0.717) is 5.69 Å². The second-order valence-electron chi connectivity index (χ2n) is 8.56.